The van der Waals surface area contributed by atoms with E-state index in [1.165, 1.54) is 0 Å². The number of thiocarbonyl (C=S) groups is 2. The average Bonchev–Trinajstić information content (AvgIpc) is 3.20. The van der Waals surface area contributed by atoms with Gasteiger partial charge in [0.15, 0.2) is 10.8 Å². The van der Waals surface area contributed by atoms with Crippen molar-refractivity contribution in [2.45, 2.75) is 19.3 Å². The van der Waals surface area contributed by atoms with Crippen LogP contribution in [0.15, 0.2) is 72.8 Å². The molecule has 1 heterocycles. The molecule has 214 valence electrons. The zero-order valence-electron chi connectivity index (χ0n) is 21.1. The number of carboxylic acid groups (broad SMARTS) is 2. The second-order valence-corrected chi connectivity index (χ2v) is 9.40. The maximum Gasteiger partial charge on any atom is 0.490 e. The van der Waals surface area contributed by atoms with Crippen LogP contribution < -0.4 is 22.1 Å². The monoisotopic (exact) mass is 603 g/mol. The molecule has 0 aliphatic heterocycles. The van der Waals surface area contributed by atoms with Gasteiger partial charge in [0.25, 0.3) is 0 Å². The normalized spacial score (nSPS) is 10.8. The Morgan fingerprint density at radius 1 is 0.927 bits per heavy atom. The molecule has 0 fully saturated rings. The number of nitrogen functional groups attached to an aromatic ring is 1. The minimum Gasteiger partial charge on any atom is -0.477 e. The molecule has 0 atom stereocenters. The molecule has 0 unspecified atom stereocenters. The van der Waals surface area contributed by atoms with Crippen molar-refractivity contribution < 1.29 is 33.0 Å². The van der Waals surface area contributed by atoms with Crippen LogP contribution in [-0.2, 0) is 17.9 Å². The lowest BCUT2D eigenvalue weighted by molar-refractivity contribution is -0.192. The topological polar surface area (TPSA) is 156 Å². The molecule has 3 aromatic carbocycles. The molecule has 8 N–H and O–H groups in total. The number of benzene rings is 3. The molecule has 0 saturated heterocycles. The van der Waals surface area contributed by atoms with E-state index >= 15 is 0 Å². The number of nitrogens with two attached hydrogens (primary N) is 2. The molecule has 0 aliphatic rings. The Bertz CT molecular complexity index is 1610. The predicted molar refractivity (Wildman–Crippen MR) is 158 cm³/mol. The van der Waals surface area contributed by atoms with Crippen molar-refractivity contribution in [2.24, 2.45) is 5.73 Å². The van der Waals surface area contributed by atoms with Gasteiger partial charge in [-0.25, -0.2) is 9.59 Å². The third-order valence-corrected chi connectivity index (χ3v) is 6.10. The van der Waals surface area contributed by atoms with E-state index in [2.05, 4.69) is 10.6 Å². The number of fused-ring (bicyclic) bond motifs is 1. The Morgan fingerprint density at radius 3 is 2.15 bits per heavy atom. The zero-order chi connectivity index (χ0) is 30.3. The summed E-state index contributed by atoms with van der Waals surface area (Å²) in [5.74, 6) is -3.85. The summed E-state index contributed by atoms with van der Waals surface area (Å²) in [6.45, 7) is 0.798. The van der Waals surface area contributed by atoms with Crippen LogP contribution in [0.5, 0.6) is 0 Å². The Hall–Kier alpha value is -4.69. The van der Waals surface area contributed by atoms with E-state index in [0.717, 1.165) is 16.7 Å². The fourth-order valence-electron chi connectivity index (χ4n) is 3.83. The molecule has 14 heteroatoms. The number of nitrogens with one attached hydrogen (secondary N) is 2. The molecule has 0 spiro atoms. The lowest BCUT2D eigenvalue weighted by Crippen LogP contribution is -2.28. The minimum absolute atomic E-state index is 0.0742. The second kappa shape index (κ2) is 13.1. The molecule has 4 aromatic rings. The Balaban J connectivity index is 0.000000587. The number of aliphatic carboxylic acids is 1. The van der Waals surface area contributed by atoms with E-state index in [1.807, 2.05) is 54.6 Å². The first kappa shape index (κ1) is 30.8. The lowest BCUT2D eigenvalue weighted by atomic mass is 10.1. The molecule has 0 bridgehead atoms. The van der Waals surface area contributed by atoms with Crippen LogP contribution in [0.25, 0.3) is 10.9 Å². The molecular formula is C27H24F3N5O4S2. The Labute approximate surface area is 242 Å². The molecule has 0 aliphatic carbocycles. The van der Waals surface area contributed by atoms with Gasteiger partial charge < -0.3 is 36.9 Å². The van der Waals surface area contributed by atoms with Gasteiger partial charge in [0.2, 0.25) is 0 Å². The maximum atomic E-state index is 12.4. The summed E-state index contributed by atoms with van der Waals surface area (Å²) in [7, 11) is 0. The minimum atomic E-state index is -5.08. The Kier molecular flexibility index (Phi) is 9.86. The number of anilines is 2. The fourth-order valence-corrected chi connectivity index (χ4v) is 4.13. The number of rotatable bonds is 7. The van der Waals surface area contributed by atoms with Gasteiger partial charge in [0.1, 0.15) is 4.99 Å². The number of hydrogen-bond donors (Lipinski definition) is 6. The number of carbonyl (C=O) groups is 2. The molecular weight excluding hydrogens is 579 g/mol. The summed E-state index contributed by atoms with van der Waals surface area (Å²) in [4.78, 5) is 21.6. The van der Waals surface area contributed by atoms with Crippen LogP contribution in [0.4, 0.5) is 24.5 Å². The van der Waals surface area contributed by atoms with Crippen molar-refractivity contribution in [3.05, 3.63) is 95.2 Å². The van der Waals surface area contributed by atoms with Crippen LogP contribution in [0.2, 0.25) is 0 Å². The predicted octanol–water partition coefficient (Wildman–Crippen LogP) is 4.72. The summed E-state index contributed by atoms with van der Waals surface area (Å²) >= 11 is 10.6. The molecule has 0 saturated carbocycles. The molecule has 0 amide bonds. The quantitative estimate of drug-likeness (QED) is 0.129. The van der Waals surface area contributed by atoms with Crippen molar-refractivity contribution in [3.8, 4) is 0 Å². The van der Waals surface area contributed by atoms with Gasteiger partial charge in [-0.05, 0) is 47.6 Å². The third-order valence-electron chi connectivity index (χ3n) is 5.62. The van der Waals surface area contributed by atoms with Crippen LogP contribution in [0.3, 0.4) is 0 Å². The summed E-state index contributed by atoms with van der Waals surface area (Å²) in [5, 5.41) is 24.5. The second-order valence-electron chi connectivity index (χ2n) is 8.55. The Morgan fingerprint density at radius 2 is 1.56 bits per heavy atom. The molecule has 1 aromatic heterocycles. The zero-order valence-corrected chi connectivity index (χ0v) is 22.7. The van der Waals surface area contributed by atoms with E-state index < -0.39 is 18.1 Å². The standard InChI is InChI=1S/C25H23N5O2S2.C2HF3O2/c26-18-9-10-20-19(12-18)21(29-25(34)28-13-15-5-2-1-3-6-15)22(24(31)32)30(20)14-16-7-4-8-17(11-16)23(27)33;3-2(4,5)1(6)7/h1-12H,13-14,26H2,(H2,27,33)(H,31,32)(H2,28,29,34);(H,6,7). The number of aromatic carboxylic acids is 1. The molecule has 4 rings (SSSR count). The smallest absolute Gasteiger partial charge is 0.477 e. The molecule has 9 nitrogen and oxygen atoms in total. The van der Waals surface area contributed by atoms with Crippen LogP contribution in [-0.4, -0.2) is 43.0 Å². The van der Waals surface area contributed by atoms with Gasteiger partial charge in [-0.3, -0.25) is 0 Å². The summed E-state index contributed by atoms with van der Waals surface area (Å²) in [6.07, 6.45) is -5.08. The molecule has 0 radical (unpaired) electrons. The van der Waals surface area contributed by atoms with Crippen molar-refractivity contribution in [3.63, 3.8) is 0 Å². The number of halogens is 3. The number of alkyl halides is 3. The number of nitrogens with zero attached hydrogens (tertiary/aromatic N) is 1. The SMILES string of the molecule is NC(=S)c1cccc(Cn2c(C(=O)O)c(NC(=S)NCc3ccccc3)c3cc(N)ccc32)c1.O=C(O)C(F)(F)F. The van der Waals surface area contributed by atoms with Crippen molar-refractivity contribution in [2.75, 3.05) is 11.1 Å². The van der Waals surface area contributed by atoms with Gasteiger partial charge in [-0.15, -0.1) is 0 Å². The maximum absolute atomic E-state index is 12.4. The highest BCUT2D eigenvalue weighted by atomic mass is 32.1. The fraction of sp³-hybridized carbons (Fsp3) is 0.111. The highest BCUT2D eigenvalue weighted by Gasteiger charge is 2.38. The number of aromatic nitrogens is 1. The van der Waals surface area contributed by atoms with Crippen LogP contribution >= 0.6 is 24.4 Å². The van der Waals surface area contributed by atoms with Gasteiger partial charge in [-0.2, -0.15) is 13.2 Å². The largest absolute Gasteiger partial charge is 0.490 e. The first-order valence-electron chi connectivity index (χ1n) is 11.7. The molecule has 41 heavy (non-hydrogen) atoms. The van der Waals surface area contributed by atoms with Gasteiger partial charge >= 0.3 is 18.1 Å². The first-order valence-corrected chi connectivity index (χ1v) is 12.5. The van der Waals surface area contributed by atoms with E-state index in [9.17, 15) is 23.1 Å². The van der Waals surface area contributed by atoms with Gasteiger partial charge in [0, 0.05) is 29.7 Å². The van der Waals surface area contributed by atoms with Gasteiger partial charge in [-0.1, -0.05) is 60.7 Å². The van der Waals surface area contributed by atoms with Crippen LogP contribution in [0.1, 0.15) is 27.2 Å². The van der Waals surface area contributed by atoms with E-state index in [4.69, 9.17) is 45.8 Å². The van der Waals surface area contributed by atoms with E-state index in [-0.39, 0.29) is 10.7 Å². The lowest BCUT2D eigenvalue weighted by Gasteiger charge is -2.13. The summed E-state index contributed by atoms with van der Waals surface area (Å²) in [5.41, 5.74) is 16.1. The van der Waals surface area contributed by atoms with Crippen molar-refractivity contribution in [1.82, 2.24) is 9.88 Å². The third kappa shape index (κ3) is 8.16. The number of carboxylic acids is 2. The van der Waals surface area contributed by atoms with E-state index in [1.54, 1.807) is 22.8 Å². The summed E-state index contributed by atoms with van der Waals surface area (Å²) in [6, 6.07) is 22.5. The average molecular weight is 604 g/mol. The highest BCUT2D eigenvalue weighted by molar-refractivity contribution is 7.80. The van der Waals surface area contributed by atoms with E-state index in [0.29, 0.717) is 40.5 Å². The number of hydrogen-bond acceptors (Lipinski definition) is 5. The van der Waals surface area contributed by atoms with Gasteiger partial charge in [0.05, 0.1) is 11.2 Å². The summed E-state index contributed by atoms with van der Waals surface area (Å²) < 4.78 is 33.5. The highest BCUT2D eigenvalue weighted by Crippen LogP contribution is 2.33. The van der Waals surface area contributed by atoms with Crippen LogP contribution in [0, 0.1) is 0 Å². The first-order chi connectivity index (χ1) is 19.3. The van der Waals surface area contributed by atoms with Crippen molar-refractivity contribution in [1.29, 1.82) is 0 Å². The van der Waals surface area contributed by atoms with Crippen molar-refractivity contribution >= 4 is 68.8 Å².